The first-order valence-corrected chi connectivity index (χ1v) is 8.30. The first kappa shape index (κ1) is 19.9. The van der Waals surface area contributed by atoms with E-state index in [1.807, 2.05) is 34.6 Å². The molecule has 0 saturated heterocycles. The quantitative estimate of drug-likeness (QED) is 0.539. The van der Waals surface area contributed by atoms with Gasteiger partial charge in [-0.3, -0.25) is 4.57 Å². The summed E-state index contributed by atoms with van der Waals surface area (Å²) in [4.78, 5) is 28.8. The second kappa shape index (κ2) is 9.25. The number of esters is 1. The van der Waals surface area contributed by atoms with E-state index < -0.39 is 17.7 Å². The number of aromatic nitrogens is 2. The van der Waals surface area contributed by atoms with Crippen LogP contribution in [0.25, 0.3) is 6.08 Å². The van der Waals surface area contributed by atoms with Gasteiger partial charge in [0.1, 0.15) is 6.04 Å². The van der Waals surface area contributed by atoms with E-state index in [1.54, 1.807) is 18.5 Å². The molecule has 6 heteroatoms. The summed E-state index contributed by atoms with van der Waals surface area (Å²) in [6.45, 7) is 10.4. The van der Waals surface area contributed by atoms with E-state index in [0.29, 0.717) is 18.7 Å². The molecule has 0 spiro atoms. The number of hydrogen-bond acceptors (Lipinski definition) is 5. The molecule has 0 N–H and O–H groups in total. The number of methoxy groups -OCH3 is 1. The van der Waals surface area contributed by atoms with Gasteiger partial charge in [-0.25, -0.2) is 9.59 Å². The smallest absolute Gasteiger partial charge is 0.348 e. The Bertz CT molecular complexity index is 632. The molecule has 24 heavy (non-hydrogen) atoms. The lowest BCUT2D eigenvalue weighted by Gasteiger charge is -2.20. The summed E-state index contributed by atoms with van der Waals surface area (Å²) in [5, 5.41) is 0. The van der Waals surface area contributed by atoms with Gasteiger partial charge < -0.3 is 9.47 Å². The first-order chi connectivity index (χ1) is 11.3. The van der Waals surface area contributed by atoms with Gasteiger partial charge in [0.15, 0.2) is 0 Å². The zero-order valence-corrected chi connectivity index (χ0v) is 15.4. The Morgan fingerprint density at radius 2 is 2.00 bits per heavy atom. The maximum Gasteiger partial charge on any atom is 0.348 e. The minimum atomic E-state index is -0.685. The number of carbonyl (C=O) groups is 1. The Morgan fingerprint density at radius 3 is 2.50 bits per heavy atom. The van der Waals surface area contributed by atoms with Crippen LogP contribution in [-0.4, -0.2) is 29.2 Å². The highest BCUT2D eigenvalue weighted by atomic mass is 16.5. The molecule has 6 nitrogen and oxygen atoms in total. The summed E-state index contributed by atoms with van der Waals surface area (Å²) < 4.78 is 11.5. The van der Waals surface area contributed by atoms with Gasteiger partial charge in [-0.2, -0.15) is 4.98 Å². The molecule has 1 heterocycles. The fourth-order valence-electron chi connectivity index (χ4n) is 2.43. The monoisotopic (exact) mass is 336 g/mol. The van der Waals surface area contributed by atoms with Crippen LogP contribution in [0, 0.1) is 5.92 Å². The van der Waals surface area contributed by atoms with Gasteiger partial charge >= 0.3 is 11.7 Å². The Morgan fingerprint density at radius 1 is 1.33 bits per heavy atom. The van der Waals surface area contributed by atoms with Crippen molar-refractivity contribution in [1.82, 2.24) is 9.55 Å². The van der Waals surface area contributed by atoms with E-state index in [-0.39, 0.29) is 11.8 Å². The maximum atomic E-state index is 12.5. The largest absolute Gasteiger partial charge is 0.501 e. The molecule has 0 fully saturated rings. The third-order valence-electron chi connectivity index (χ3n) is 3.57. The molecule has 0 aliphatic rings. The van der Waals surface area contributed by atoms with Gasteiger partial charge in [-0.05, 0) is 31.3 Å². The van der Waals surface area contributed by atoms with Crippen molar-refractivity contribution < 1.29 is 14.3 Å². The predicted molar refractivity (Wildman–Crippen MR) is 93.8 cm³/mol. The lowest BCUT2D eigenvalue weighted by molar-refractivity contribution is -0.145. The fourth-order valence-corrected chi connectivity index (χ4v) is 2.43. The number of ether oxygens (including phenoxy) is 2. The molecule has 1 aromatic heterocycles. The van der Waals surface area contributed by atoms with Gasteiger partial charge in [-0.15, -0.1) is 0 Å². The topological polar surface area (TPSA) is 70.4 Å². The Labute approximate surface area is 143 Å². The van der Waals surface area contributed by atoms with Crippen LogP contribution in [0.15, 0.2) is 17.3 Å². The first-order valence-electron chi connectivity index (χ1n) is 8.30. The van der Waals surface area contributed by atoms with Crippen molar-refractivity contribution in [3.63, 3.8) is 0 Å². The number of nitrogens with zero attached hydrogens (tertiary/aromatic N) is 2. The van der Waals surface area contributed by atoms with Gasteiger partial charge in [0.05, 0.1) is 25.7 Å². The summed E-state index contributed by atoms with van der Waals surface area (Å²) >= 11 is 0. The lowest BCUT2D eigenvalue weighted by Crippen LogP contribution is -2.34. The maximum absolute atomic E-state index is 12.5. The summed E-state index contributed by atoms with van der Waals surface area (Å²) in [6.07, 6.45) is 5.52. The number of carbonyl (C=O) groups excluding carboxylic acids is 1. The molecule has 0 aliphatic carbocycles. The average Bonchev–Trinajstić information content (AvgIpc) is 2.53. The molecular weight excluding hydrogens is 308 g/mol. The fraction of sp³-hybridized carbons (Fsp3) is 0.611. The molecule has 0 aliphatic heterocycles. The molecule has 0 bridgehead atoms. The molecule has 0 radical (unpaired) electrons. The standard InChI is InChI=1S/C18H28N2O4/c1-7-24-9-8-14-11-20(18(22)19-16(14)13(4)5)15(10-12(2)3)17(21)23-6/h8-9,11-13,15H,7,10H2,1-6H3. The second-order valence-corrected chi connectivity index (χ2v) is 6.35. The summed E-state index contributed by atoms with van der Waals surface area (Å²) in [6, 6.07) is -0.685. The van der Waals surface area contributed by atoms with Crippen molar-refractivity contribution in [2.75, 3.05) is 13.7 Å². The van der Waals surface area contributed by atoms with Crippen LogP contribution in [0.1, 0.15) is 64.3 Å². The van der Waals surface area contributed by atoms with Crippen molar-refractivity contribution in [3.8, 4) is 0 Å². The number of hydrogen-bond donors (Lipinski definition) is 0. The molecule has 0 saturated carbocycles. The molecule has 1 atom stereocenters. The van der Waals surface area contributed by atoms with Crippen LogP contribution < -0.4 is 5.69 Å². The Kier molecular flexibility index (Phi) is 7.68. The van der Waals surface area contributed by atoms with Crippen LogP contribution in [0.2, 0.25) is 0 Å². The van der Waals surface area contributed by atoms with Crippen LogP contribution >= 0.6 is 0 Å². The van der Waals surface area contributed by atoms with Gasteiger partial charge in [0.25, 0.3) is 0 Å². The van der Waals surface area contributed by atoms with Crippen LogP contribution in [0.3, 0.4) is 0 Å². The Hall–Kier alpha value is -2.11. The van der Waals surface area contributed by atoms with E-state index in [9.17, 15) is 9.59 Å². The molecule has 134 valence electrons. The summed E-state index contributed by atoms with van der Waals surface area (Å²) in [5.74, 6) is -0.131. The zero-order chi connectivity index (χ0) is 18.3. The summed E-state index contributed by atoms with van der Waals surface area (Å²) in [7, 11) is 1.33. The Balaban J connectivity index is 3.42. The average molecular weight is 336 g/mol. The van der Waals surface area contributed by atoms with Crippen molar-refractivity contribution in [2.24, 2.45) is 5.92 Å². The molecule has 1 aromatic rings. The van der Waals surface area contributed by atoms with E-state index in [2.05, 4.69) is 4.98 Å². The van der Waals surface area contributed by atoms with Crippen molar-refractivity contribution in [2.45, 2.75) is 53.0 Å². The highest BCUT2D eigenvalue weighted by Gasteiger charge is 2.25. The second-order valence-electron chi connectivity index (χ2n) is 6.35. The van der Waals surface area contributed by atoms with Crippen molar-refractivity contribution in [1.29, 1.82) is 0 Å². The van der Waals surface area contributed by atoms with Crippen molar-refractivity contribution in [3.05, 3.63) is 34.2 Å². The molecule has 1 unspecified atom stereocenters. The molecular formula is C18H28N2O4. The van der Waals surface area contributed by atoms with Gasteiger partial charge in [0, 0.05) is 11.8 Å². The molecule has 0 aromatic carbocycles. The third kappa shape index (κ3) is 5.22. The number of rotatable bonds is 8. The van der Waals surface area contributed by atoms with Crippen LogP contribution in [0.4, 0.5) is 0 Å². The van der Waals surface area contributed by atoms with Gasteiger partial charge in [-0.1, -0.05) is 27.7 Å². The molecule has 1 rings (SSSR count). The highest BCUT2D eigenvalue weighted by Crippen LogP contribution is 2.21. The van der Waals surface area contributed by atoms with E-state index in [4.69, 9.17) is 9.47 Å². The van der Waals surface area contributed by atoms with Gasteiger partial charge in [0.2, 0.25) is 0 Å². The normalized spacial score (nSPS) is 12.8. The van der Waals surface area contributed by atoms with E-state index in [1.165, 1.54) is 11.7 Å². The summed E-state index contributed by atoms with van der Waals surface area (Å²) in [5.41, 5.74) is 0.999. The third-order valence-corrected chi connectivity index (χ3v) is 3.57. The van der Waals surface area contributed by atoms with Crippen LogP contribution in [-0.2, 0) is 14.3 Å². The molecule has 0 amide bonds. The predicted octanol–water partition coefficient (Wildman–Crippen LogP) is 3.13. The minimum absolute atomic E-state index is 0.0790. The zero-order valence-electron chi connectivity index (χ0n) is 15.4. The van der Waals surface area contributed by atoms with Crippen LogP contribution in [0.5, 0.6) is 0 Å². The van der Waals surface area contributed by atoms with E-state index in [0.717, 1.165) is 5.56 Å². The SMILES string of the molecule is CCOC=Cc1cn(C(CC(C)C)C(=O)OC)c(=O)nc1C(C)C. The van der Waals surface area contributed by atoms with E-state index >= 15 is 0 Å². The highest BCUT2D eigenvalue weighted by molar-refractivity contribution is 5.74. The van der Waals surface area contributed by atoms with Crippen molar-refractivity contribution >= 4 is 12.0 Å². The minimum Gasteiger partial charge on any atom is -0.501 e. The lowest BCUT2D eigenvalue weighted by atomic mass is 10.0.